The lowest BCUT2D eigenvalue weighted by Gasteiger charge is -2.00. The number of nitrogens with one attached hydrogen (secondary N) is 3. The molecule has 6 heteroatoms. The van der Waals surface area contributed by atoms with Crippen LogP contribution >= 0.6 is 0 Å². The van der Waals surface area contributed by atoms with Crippen LogP contribution in [0.2, 0.25) is 0 Å². The minimum Gasteiger partial charge on any atom is -0.346 e. The highest BCUT2D eigenvalue weighted by Crippen LogP contribution is 2.14. The first kappa shape index (κ1) is 10.5. The maximum Gasteiger partial charge on any atom is 0.272 e. The number of nitrogens with zero attached hydrogens (tertiary/aromatic N) is 2. The summed E-state index contributed by atoms with van der Waals surface area (Å²) in [6.45, 7) is 0.427. The average Bonchev–Trinajstić information content (AvgIpc) is 3.05. The van der Waals surface area contributed by atoms with Gasteiger partial charge in [-0.3, -0.25) is 15.0 Å². The largest absolute Gasteiger partial charge is 0.346 e. The molecule has 0 spiro atoms. The van der Waals surface area contributed by atoms with Gasteiger partial charge in [-0.15, -0.1) is 0 Å². The monoisotopic (exact) mass is 241 g/mol. The molecule has 0 aliphatic rings. The summed E-state index contributed by atoms with van der Waals surface area (Å²) in [5, 5.41) is 17.0. The number of benzene rings is 1. The summed E-state index contributed by atoms with van der Waals surface area (Å²) in [4.78, 5) is 12.0. The Labute approximate surface area is 102 Å². The van der Waals surface area contributed by atoms with Gasteiger partial charge in [0.1, 0.15) is 0 Å². The maximum absolute atomic E-state index is 12.0. The SMILES string of the molecule is O=C(NCc1cn[nH]c1)c1n[nH]c2ccccc12. The van der Waals surface area contributed by atoms with Crippen LogP contribution in [-0.2, 0) is 6.54 Å². The Kier molecular flexibility index (Phi) is 2.53. The number of rotatable bonds is 3. The number of fused-ring (bicyclic) bond motifs is 1. The smallest absolute Gasteiger partial charge is 0.272 e. The van der Waals surface area contributed by atoms with Crippen LogP contribution in [0.5, 0.6) is 0 Å². The second-order valence-electron chi connectivity index (χ2n) is 3.91. The molecule has 0 radical (unpaired) electrons. The van der Waals surface area contributed by atoms with Crippen LogP contribution in [0.3, 0.4) is 0 Å². The molecule has 3 N–H and O–H groups in total. The van der Waals surface area contributed by atoms with Crippen LogP contribution in [0.4, 0.5) is 0 Å². The molecule has 90 valence electrons. The normalized spacial score (nSPS) is 10.7. The molecule has 2 heterocycles. The molecule has 6 nitrogen and oxygen atoms in total. The molecule has 18 heavy (non-hydrogen) atoms. The third-order valence-corrected chi connectivity index (χ3v) is 2.69. The van der Waals surface area contributed by atoms with E-state index in [4.69, 9.17) is 0 Å². The molecule has 0 unspecified atom stereocenters. The molecule has 1 aromatic carbocycles. The Balaban J connectivity index is 1.80. The summed E-state index contributed by atoms with van der Waals surface area (Å²) in [7, 11) is 0. The molecule has 3 rings (SSSR count). The van der Waals surface area contributed by atoms with Crippen molar-refractivity contribution in [1.82, 2.24) is 25.7 Å². The number of aromatic nitrogens is 4. The first-order valence-corrected chi connectivity index (χ1v) is 5.53. The zero-order valence-corrected chi connectivity index (χ0v) is 9.47. The summed E-state index contributed by atoms with van der Waals surface area (Å²) >= 11 is 0. The van der Waals surface area contributed by atoms with Gasteiger partial charge in [-0.2, -0.15) is 10.2 Å². The molecule has 2 aromatic heterocycles. The van der Waals surface area contributed by atoms with Gasteiger partial charge in [0.25, 0.3) is 5.91 Å². The lowest BCUT2D eigenvalue weighted by molar-refractivity contribution is 0.0947. The zero-order chi connectivity index (χ0) is 12.4. The Hall–Kier alpha value is -2.63. The van der Waals surface area contributed by atoms with Gasteiger partial charge in [0.2, 0.25) is 0 Å². The Morgan fingerprint density at radius 1 is 1.33 bits per heavy atom. The lowest BCUT2D eigenvalue weighted by Crippen LogP contribution is -2.23. The lowest BCUT2D eigenvalue weighted by atomic mass is 10.2. The van der Waals surface area contributed by atoms with E-state index in [9.17, 15) is 4.79 Å². The van der Waals surface area contributed by atoms with E-state index in [1.807, 2.05) is 24.3 Å². The minimum absolute atomic E-state index is 0.200. The fraction of sp³-hybridized carbons (Fsp3) is 0.0833. The second-order valence-corrected chi connectivity index (χ2v) is 3.91. The average molecular weight is 241 g/mol. The highest BCUT2D eigenvalue weighted by Gasteiger charge is 2.13. The molecule has 0 aliphatic heterocycles. The van der Waals surface area contributed by atoms with Crippen molar-refractivity contribution in [2.45, 2.75) is 6.54 Å². The van der Waals surface area contributed by atoms with E-state index >= 15 is 0 Å². The summed E-state index contributed by atoms with van der Waals surface area (Å²) < 4.78 is 0. The molecule has 3 aromatic rings. The molecule has 0 atom stereocenters. The summed E-state index contributed by atoms with van der Waals surface area (Å²) in [6.07, 6.45) is 3.41. The molecule has 0 bridgehead atoms. The Morgan fingerprint density at radius 3 is 3.06 bits per heavy atom. The van der Waals surface area contributed by atoms with Crippen LogP contribution < -0.4 is 5.32 Å². The highest BCUT2D eigenvalue weighted by atomic mass is 16.1. The van der Waals surface area contributed by atoms with Crippen LogP contribution in [-0.4, -0.2) is 26.3 Å². The summed E-state index contributed by atoms with van der Waals surface area (Å²) in [6, 6.07) is 7.53. The predicted molar refractivity (Wildman–Crippen MR) is 65.9 cm³/mol. The number of para-hydroxylation sites is 1. The first-order valence-electron chi connectivity index (χ1n) is 5.53. The molecular weight excluding hydrogens is 230 g/mol. The molecular formula is C12H11N5O. The van der Waals surface area contributed by atoms with Crippen LogP contribution in [0.25, 0.3) is 10.9 Å². The van der Waals surface area contributed by atoms with E-state index < -0.39 is 0 Å². The van der Waals surface area contributed by atoms with E-state index in [1.54, 1.807) is 12.4 Å². The fourth-order valence-corrected chi connectivity index (χ4v) is 1.78. The third kappa shape index (κ3) is 1.84. The fourth-order valence-electron chi connectivity index (χ4n) is 1.78. The third-order valence-electron chi connectivity index (χ3n) is 2.69. The number of hydrogen-bond acceptors (Lipinski definition) is 3. The zero-order valence-electron chi connectivity index (χ0n) is 9.47. The van der Waals surface area contributed by atoms with E-state index in [1.165, 1.54) is 0 Å². The second kappa shape index (κ2) is 4.33. The molecule has 0 fully saturated rings. The maximum atomic E-state index is 12.0. The van der Waals surface area contributed by atoms with Gasteiger partial charge >= 0.3 is 0 Å². The molecule has 1 amide bonds. The topological polar surface area (TPSA) is 86.5 Å². The first-order chi connectivity index (χ1) is 8.84. The number of aromatic amines is 2. The van der Waals surface area contributed by atoms with Crippen LogP contribution in [0.15, 0.2) is 36.7 Å². The van der Waals surface area contributed by atoms with Crippen molar-refractivity contribution in [2.75, 3.05) is 0 Å². The summed E-state index contributed by atoms with van der Waals surface area (Å²) in [5.41, 5.74) is 2.18. The van der Waals surface area contributed by atoms with Gasteiger partial charge in [-0.1, -0.05) is 18.2 Å². The van der Waals surface area contributed by atoms with E-state index in [0.717, 1.165) is 16.5 Å². The van der Waals surface area contributed by atoms with Gasteiger partial charge in [0.15, 0.2) is 5.69 Å². The predicted octanol–water partition coefficient (Wildman–Crippen LogP) is 1.22. The van der Waals surface area contributed by atoms with Gasteiger partial charge in [0, 0.05) is 23.7 Å². The van der Waals surface area contributed by atoms with Crippen molar-refractivity contribution >= 4 is 16.8 Å². The molecule has 0 saturated carbocycles. The van der Waals surface area contributed by atoms with Gasteiger partial charge in [-0.05, 0) is 6.07 Å². The van der Waals surface area contributed by atoms with Crippen molar-refractivity contribution in [3.05, 3.63) is 47.9 Å². The van der Waals surface area contributed by atoms with E-state index in [2.05, 4.69) is 25.7 Å². The standard InChI is InChI=1S/C12H11N5O/c18-12(13-5-8-6-14-15-7-8)11-9-3-1-2-4-10(9)16-17-11/h1-4,6-7H,5H2,(H,13,18)(H,14,15)(H,16,17). The molecule has 0 aliphatic carbocycles. The van der Waals surface area contributed by atoms with Gasteiger partial charge in [-0.25, -0.2) is 0 Å². The van der Waals surface area contributed by atoms with E-state index in [0.29, 0.717) is 12.2 Å². The van der Waals surface area contributed by atoms with Crippen LogP contribution in [0, 0.1) is 0 Å². The Bertz CT molecular complexity index is 671. The number of H-pyrrole nitrogens is 2. The quantitative estimate of drug-likeness (QED) is 0.644. The van der Waals surface area contributed by atoms with Crippen molar-refractivity contribution in [1.29, 1.82) is 0 Å². The Morgan fingerprint density at radius 2 is 2.22 bits per heavy atom. The minimum atomic E-state index is -0.200. The number of carbonyl (C=O) groups excluding carboxylic acids is 1. The van der Waals surface area contributed by atoms with Gasteiger partial charge < -0.3 is 5.32 Å². The summed E-state index contributed by atoms with van der Waals surface area (Å²) in [5.74, 6) is -0.200. The van der Waals surface area contributed by atoms with Crippen molar-refractivity contribution < 1.29 is 4.79 Å². The van der Waals surface area contributed by atoms with Crippen LogP contribution in [0.1, 0.15) is 16.1 Å². The number of hydrogen-bond donors (Lipinski definition) is 3. The highest BCUT2D eigenvalue weighted by molar-refractivity contribution is 6.04. The molecule has 0 saturated heterocycles. The van der Waals surface area contributed by atoms with Crippen molar-refractivity contribution in [3.8, 4) is 0 Å². The van der Waals surface area contributed by atoms with E-state index in [-0.39, 0.29) is 5.91 Å². The number of carbonyl (C=O) groups is 1. The van der Waals surface area contributed by atoms with Gasteiger partial charge in [0.05, 0.1) is 11.7 Å². The van der Waals surface area contributed by atoms with Crippen molar-refractivity contribution in [2.24, 2.45) is 0 Å². The number of amides is 1. The van der Waals surface area contributed by atoms with Crippen molar-refractivity contribution in [3.63, 3.8) is 0 Å².